The van der Waals surface area contributed by atoms with Gasteiger partial charge in [-0.1, -0.05) is 6.92 Å². The number of aromatic nitrogens is 2. The average molecular weight is 177 g/mol. The quantitative estimate of drug-likeness (QED) is 0.688. The number of ether oxygens (including phenoxy) is 1. The van der Waals surface area contributed by atoms with E-state index in [1.54, 1.807) is 6.92 Å². The van der Waals surface area contributed by atoms with Crippen LogP contribution in [0.25, 0.3) is 0 Å². The first-order valence-corrected chi connectivity index (χ1v) is 3.02. The normalized spacial score (nSPS) is 8.45. The number of nitrogens with zero attached hydrogens (tertiary/aromatic N) is 1. The van der Waals surface area contributed by atoms with Gasteiger partial charge in [-0.25, -0.2) is 4.98 Å². The van der Waals surface area contributed by atoms with Gasteiger partial charge in [0.1, 0.15) is 0 Å². The molecule has 0 saturated carbocycles. The monoisotopic (exact) mass is 176 g/mol. The van der Waals surface area contributed by atoms with Crippen LogP contribution in [-0.2, 0) is 4.79 Å². The zero-order valence-electron chi connectivity index (χ0n) is 6.03. The third-order valence-electron chi connectivity index (χ3n) is 0.986. The molecule has 1 heterocycles. The van der Waals surface area contributed by atoms with Crippen LogP contribution in [0.3, 0.4) is 0 Å². The fourth-order valence-corrected chi connectivity index (χ4v) is 0.494. The lowest BCUT2D eigenvalue weighted by Crippen LogP contribution is -2.05. The van der Waals surface area contributed by atoms with Crippen LogP contribution in [-0.4, -0.2) is 15.9 Å². The highest BCUT2D eigenvalue weighted by Gasteiger charge is 2.00. The van der Waals surface area contributed by atoms with E-state index >= 15 is 0 Å². The molecule has 0 radical (unpaired) electrons. The molecule has 1 N–H and O–H groups in total. The van der Waals surface area contributed by atoms with Gasteiger partial charge in [-0.3, -0.25) is 4.79 Å². The molecule has 0 bridgehead atoms. The lowest BCUT2D eigenvalue weighted by molar-refractivity contribution is -0.134. The smallest absolute Gasteiger partial charge is 0.312 e. The van der Waals surface area contributed by atoms with Gasteiger partial charge in [-0.2, -0.15) is 0 Å². The molecule has 0 aliphatic heterocycles. The summed E-state index contributed by atoms with van der Waals surface area (Å²) < 4.78 is 4.75. The number of nitrogens with one attached hydrogen (secondary N) is 1. The van der Waals surface area contributed by atoms with Crippen LogP contribution in [0.4, 0.5) is 0 Å². The minimum Gasteiger partial charge on any atom is -0.408 e. The zero-order valence-corrected chi connectivity index (χ0v) is 6.85. The molecule has 0 aliphatic rings. The summed E-state index contributed by atoms with van der Waals surface area (Å²) in [4.78, 5) is 16.9. The van der Waals surface area contributed by atoms with Crippen molar-refractivity contribution in [3.05, 3.63) is 12.5 Å². The molecule has 0 saturated heterocycles. The van der Waals surface area contributed by atoms with Crippen molar-refractivity contribution in [2.75, 3.05) is 0 Å². The van der Waals surface area contributed by atoms with E-state index in [0.717, 1.165) is 0 Å². The molecule has 0 fully saturated rings. The van der Waals surface area contributed by atoms with E-state index in [1.165, 1.54) is 12.5 Å². The van der Waals surface area contributed by atoms with Crippen molar-refractivity contribution in [2.45, 2.75) is 13.3 Å². The molecule has 1 aromatic rings. The first-order valence-electron chi connectivity index (χ1n) is 3.02. The van der Waals surface area contributed by atoms with Crippen molar-refractivity contribution in [2.24, 2.45) is 0 Å². The minimum atomic E-state index is -0.260. The van der Waals surface area contributed by atoms with Crippen molar-refractivity contribution >= 4 is 18.4 Å². The number of imidazole rings is 1. The summed E-state index contributed by atoms with van der Waals surface area (Å²) in [5.74, 6) is 0.135. The highest BCUT2D eigenvalue weighted by Crippen LogP contribution is 2.01. The first-order chi connectivity index (χ1) is 4.83. The Kier molecular flexibility index (Phi) is 4.29. The number of aromatic amines is 1. The summed E-state index contributed by atoms with van der Waals surface area (Å²) in [7, 11) is 0. The SMILES string of the molecule is CCC(=O)Oc1cnc[nH]1.Cl. The van der Waals surface area contributed by atoms with E-state index in [2.05, 4.69) is 9.97 Å². The third kappa shape index (κ3) is 3.04. The summed E-state index contributed by atoms with van der Waals surface area (Å²) >= 11 is 0. The van der Waals surface area contributed by atoms with Crippen LogP contribution >= 0.6 is 12.4 Å². The van der Waals surface area contributed by atoms with E-state index in [1.807, 2.05) is 0 Å². The summed E-state index contributed by atoms with van der Waals surface area (Å²) in [5.41, 5.74) is 0. The fraction of sp³-hybridized carbons (Fsp3) is 0.333. The number of halogens is 1. The topological polar surface area (TPSA) is 55.0 Å². The molecule has 11 heavy (non-hydrogen) atoms. The maximum Gasteiger partial charge on any atom is 0.312 e. The van der Waals surface area contributed by atoms with E-state index in [-0.39, 0.29) is 18.4 Å². The van der Waals surface area contributed by atoms with Crippen LogP contribution in [0.2, 0.25) is 0 Å². The Bertz CT molecular complexity index is 210. The molecular formula is C6H9ClN2O2. The van der Waals surface area contributed by atoms with Gasteiger partial charge < -0.3 is 9.72 Å². The minimum absolute atomic E-state index is 0. The van der Waals surface area contributed by atoms with Crippen molar-refractivity contribution < 1.29 is 9.53 Å². The summed E-state index contributed by atoms with van der Waals surface area (Å²) in [6.07, 6.45) is 3.28. The number of esters is 1. The predicted molar refractivity (Wildman–Crippen MR) is 41.8 cm³/mol. The first kappa shape index (κ1) is 9.97. The lowest BCUT2D eigenvalue weighted by atomic mass is 10.5. The maximum atomic E-state index is 10.6. The highest BCUT2D eigenvalue weighted by molar-refractivity contribution is 5.85. The highest BCUT2D eigenvalue weighted by atomic mass is 35.5. The fourth-order valence-electron chi connectivity index (χ4n) is 0.494. The van der Waals surface area contributed by atoms with Gasteiger partial charge in [0, 0.05) is 6.42 Å². The van der Waals surface area contributed by atoms with Gasteiger partial charge in [0.15, 0.2) is 0 Å². The van der Waals surface area contributed by atoms with Crippen molar-refractivity contribution in [3.63, 3.8) is 0 Å². The molecule has 0 amide bonds. The molecule has 0 spiro atoms. The molecule has 1 rings (SSSR count). The van der Waals surface area contributed by atoms with Crippen LogP contribution in [0.5, 0.6) is 5.88 Å². The van der Waals surface area contributed by atoms with Crippen molar-refractivity contribution in [3.8, 4) is 5.88 Å². The Morgan fingerprint density at radius 1 is 1.82 bits per heavy atom. The number of carbonyl (C=O) groups is 1. The largest absolute Gasteiger partial charge is 0.408 e. The van der Waals surface area contributed by atoms with E-state index in [9.17, 15) is 4.79 Å². The Balaban J connectivity index is 0.000001000. The van der Waals surface area contributed by atoms with E-state index in [4.69, 9.17) is 4.74 Å². The molecule has 0 aliphatic carbocycles. The van der Waals surface area contributed by atoms with Crippen LogP contribution < -0.4 is 4.74 Å². The second-order valence-electron chi connectivity index (χ2n) is 1.74. The Morgan fingerprint density at radius 2 is 2.55 bits per heavy atom. The number of carbonyl (C=O) groups excluding carboxylic acids is 1. The molecule has 5 heteroatoms. The van der Waals surface area contributed by atoms with Gasteiger partial charge >= 0.3 is 5.97 Å². The van der Waals surface area contributed by atoms with Crippen molar-refractivity contribution in [1.29, 1.82) is 0 Å². The van der Waals surface area contributed by atoms with Crippen LogP contribution in [0, 0.1) is 0 Å². The Morgan fingerprint density at radius 3 is 3.00 bits per heavy atom. The summed E-state index contributed by atoms with van der Waals surface area (Å²) in [6, 6.07) is 0. The van der Waals surface area contributed by atoms with Crippen molar-refractivity contribution in [1.82, 2.24) is 9.97 Å². The van der Waals surface area contributed by atoms with E-state index in [0.29, 0.717) is 12.3 Å². The van der Waals surface area contributed by atoms with Gasteiger partial charge in [0.05, 0.1) is 12.5 Å². The Labute approximate surface area is 70.4 Å². The van der Waals surface area contributed by atoms with Crippen LogP contribution in [0.1, 0.15) is 13.3 Å². The molecule has 0 atom stereocenters. The lowest BCUT2D eigenvalue weighted by Gasteiger charge is -1.95. The summed E-state index contributed by atoms with van der Waals surface area (Å²) in [6.45, 7) is 1.73. The second-order valence-corrected chi connectivity index (χ2v) is 1.74. The molecule has 0 unspecified atom stereocenters. The number of hydrogen-bond acceptors (Lipinski definition) is 3. The van der Waals surface area contributed by atoms with Gasteiger partial charge in [0.25, 0.3) is 0 Å². The third-order valence-corrected chi connectivity index (χ3v) is 0.986. The number of hydrogen-bond donors (Lipinski definition) is 1. The van der Waals surface area contributed by atoms with Gasteiger partial charge in [0.2, 0.25) is 5.88 Å². The molecule has 62 valence electrons. The molecule has 4 nitrogen and oxygen atoms in total. The van der Waals surface area contributed by atoms with Gasteiger partial charge in [-0.15, -0.1) is 12.4 Å². The molecule has 1 aromatic heterocycles. The molecular weight excluding hydrogens is 168 g/mol. The number of H-pyrrole nitrogens is 1. The standard InChI is InChI=1S/C6H8N2O2.ClH/c1-2-6(9)10-5-3-7-4-8-5;/h3-4H,2H2,1H3,(H,7,8);1H. The Hall–Kier alpha value is -1.03. The van der Waals surface area contributed by atoms with Gasteiger partial charge in [-0.05, 0) is 0 Å². The number of rotatable bonds is 2. The average Bonchev–Trinajstić information content (AvgIpc) is 2.40. The summed E-state index contributed by atoms with van der Waals surface area (Å²) in [5, 5.41) is 0. The molecule has 0 aromatic carbocycles. The predicted octanol–water partition coefficient (Wildman–Crippen LogP) is 1.15. The maximum absolute atomic E-state index is 10.6. The zero-order chi connectivity index (χ0) is 7.40. The van der Waals surface area contributed by atoms with E-state index < -0.39 is 0 Å². The second kappa shape index (κ2) is 4.73. The van der Waals surface area contributed by atoms with Crippen LogP contribution in [0.15, 0.2) is 12.5 Å².